The summed E-state index contributed by atoms with van der Waals surface area (Å²) in [4.78, 5) is 98.0. The van der Waals surface area contributed by atoms with Gasteiger partial charge in [-0.2, -0.15) is 0 Å². The maximum Gasteiger partial charge on any atom is 0.350 e. The van der Waals surface area contributed by atoms with Crippen LogP contribution in [0.1, 0.15) is 93.1 Å². The van der Waals surface area contributed by atoms with Gasteiger partial charge in [0.1, 0.15) is 42.0 Å². The Labute approximate surface area is 388 Å². The lowest BCUT2D eigenvalue weighted by Gasteiger charge is -2.68. The minimum absolute atomic E-state index is 0.0848. The lowest BCUT2D eigenvalue weighted by molar-refractivity contribution is -0.327. The molecule has 3 aromatic rings. The van der Waals surface area contributed by atoms with Crippen LogP contribution in [0.2, 0.25) is 0 Å². The van der Waals surface area contributed by atoms with Crippen LogP contribution in [0.4, 0.5) is 0 Å². The topological polar surface area (TPSA) is 244 Å². The monoisotopic (exact) mass is 922 g/mol. The summed E-state index contributed by atoms with van der Waals surface area (Å²) in [7, 11) is 0. The Morgan fingerprint density at radius 2 is 1.48 bits per heavy atom. The zero-order chi connectivity index (χ0) is 48.6. The number of hydrogen-bond acceptors (Lipinski definition) is 15. The number of amides is 1. The number of carbonyl (C=O) groups excluding carboxylic acids is 7. The van der Waals surface area contributed by atoms with Crippen molar-refractivity contribution in [3.05, 3.63) is 119 Å². The number of esters is 4. The largest absolute Gasteiger partial charge is 0.465 e. The molecule has 1 heterocycles. The quantitative estimate of drug-likeness (QED) is 0.101. The number of ether oxygens (including phenoxy) is 5. The predicted octanol–water partition coefficient (Wildman–Crippen LogP) is 4.16. The van der Waals surface area contributed by atoms with E-state index < -0.39 is 125 Å². The second kappa shape index (κ2) is 18.9. The van der Waals surface area contributed by atoms with E-state index in [1.54, 1.807) is 99.6 Å². The van der Waals surface area contributed by atoms with Gasteiger partial charge in [0, 0.05) is 49.0 Å². The summed E-state index contributed by atoms with van der Waals surface area (Å²) in [6.45, 7) is 7.85. The molecule has 0 spiro atoms. The van der Waals surface area contributed by atoms with Gasteiger partial charge < -0.3 is 44.9 Å². The van der Waals surface area contributed by atoms with Gasteiger partial charge in [-0.15, -0.1) is 0 Å². The number of nitrogens with one attached hydrogen (secondary N) is 1. The Morgan fingerprint density at radius 1 is 0.881 bits per heavy atom. The SMILES string of the molecule is CC(=O)C[C@H]1C(=O)[C@@]2(C)[C@H]([C@H](OC(=O)c3ccccc3)[C@]3(O)C[C@H](OC(=O)[C@H](OC(=O)CN)[C@@H](NC(=O)c4ccccc4)c4ccccc4)C(C)=C1C3(C)C)[C@]1(COC(C)=O)CO[C@@H]1C[C@@H]2O. The van der Waals surface area contributed by atoms with Gasteiger partial charge in [0.15, 0.2) is 0 Å². The highest BCUT2D eigenvalue weighted by Gasteiger charge is 2.76. The third kappa shape index (κ3) is 8.71. The maximum atomic E-state index is 15.8. The second-order valence-electron chi connectivity index (χ2n) is 19.0. The zero-order valence-corrected chi connectivity index (χ0v) is 38.4. The van der Waals surface area contributed by atoms with E-state index in [1.807, 2.05) is 0 Å². The first-order valence-electron chi connectivity index (χ1n) is 22.4. The van der Waals surface area contributed by atoms with Crippen molar-refractivity contribution in [1.29, 1.82) is 0 Å². The fourth-order valence-corrected chi connectivity index (χ4v) is 11.2. The number of aliphatic hydroxyl groups is 2. The zero-order valence-electron chi connectivity index (χ0n) is 38.4. The minimum Gasteiger partial charge on any atom is -0.465 e. The fraction of sp³-hybridized carbons (Fsp3) is 0.471. The second-order valence-corrected chi connectivity index (χ2v) is 19.0. The fourth-order valence-electron chi connectivity index (χ4n) is 11.2. The van der Waals surface area contributed by atoms with Gasteiger partial charge in [-0.3, -0.25) is 24.0 Å². The summed E-state index contributed by atoms with van der Waals surface area (Å²) < 4.78 is 30.3. The lowest BCUT2D eigenvalue weighted by Crippen LogP contribution is -2.78. The number of nitrogens with two attached hydrogens (primary N) is 1. The summed E-state index contributed by atoms with van der Waals surface area (Å²) in [5.41, 5.74) is -0.206. The van der Waals surface area contributed by atoms with Crippen LogP contribution in [0.15, 0.2) is 102 Å². The van der Waals surface area contributed by atoms with Crippen molar-refractivity contribution >= 4 is 41.4 Å². The van der Waals surface area contributed by atoms with Crippen LogP contribution >= 0.6 is 0 Å². The number of hydrogen-bond donors (Lipinski definition) is 4. The number of ketones is 2. The molecule has 1 saturated heterocycles. The van der Waals surface area contributed by atoms with Crippen LogP contribution in [0.5, 0.6) is 0 Å². The highest BCUT2D eigenvalue weighted by molar-refractivity contribution is 5.96. The molecule has 67 heavy (non-hydrogen) atoms. The van der Waals surface area contributed by atoms with Crippen molar-refractivity contribution in [2.24, 2.45) is 33.8 Å². The van der Waals surface area contributed by atoms with E-state index in [-0.39, 0.29) is 48.3 Å². The number of benzene rings is 3. The number of aliphatic hydroxyl groups excluding tert-OH is 1. The van der Waals surface area contributed by atoms with E-state index >= 15 is 4.79 Å². The first-order valence-corrected chi connectivity index (χ1v) is 22.4. The van der Waals surface area contributed by atoms with Crippen LogP contribution < -0.4 is 11.1 Å². The summed E-state index contributed by atoms with van der Waals surface area (Å²) in [6.07, 6.45) is -8.34. The molecule has 4 aliphatic rings. The summed E-state index contributed by atoms with van der Waals surface area (Å²) in [5.74, 6) is -8.01. The van der Waals surface area contributed by atoms with Gasteiger partial charge in [0.25, 0.3) is 5.91 Å². The van der Waals surface area contributed by atoms with Gasteiger partial charge in [-0.25, -0.2) is 9.59 Å². The van der Waals surface area contributed by atoms with E-state index in [9.17, 15) is 39.0 Å². The molecule has 7 rings (SSSR count). The third-order valence-corrected chi connectivity index (χ3v) is 14.7. The first kappa shape index (κ1) is 48.9. The number of carbonyl (C=O) groups is 7. The van der Waals surface area contributed by atoms with Crippen molar-refractivity contribution in [3.63, 3.8) is 0 Å². The lowest BCUT2D eigenvalue weighted by atomic mass is 9.41. The Bertz CT molecular complexity index is 2440. The molecular weight excluding hydrogens is 865 g/mol. The molecule has 1 aliphatic heterocycles. The molecule has 0 radical (unpaired) electrons. The molecule has 1 amide bonds. The molecule has 11 atom stereocenters. The van der Waals surface area contributed by atoms with Crippen molar-refractivity contribution in [1.82, 2.24) is 5.32 Å². The first-order chi connectivity index (χ1) is 31.7. The van der Waals surface area contributed by atoms with Gasteiger partial charge in [0.05, 0.1) is 41.8 Å². The molecule has 16 heteroatoms. The molecule has 3 fully saturated rings. The van der Waals surface area contributed by atoms with Crippen molar-refractivity contribution < 1.29 is 67.5 Å². The Hall–Kier alpha value is -6.07. The molecule has 5 N–H and O–H groups in total. The Morgan fingerprint density at radius 3 is 2.03 bits per heavy atom. The normalized spacial score (nSPS) is 30.3. The molecule has 356 valence electrons. The summed E-state index contributed by atoms with van der Waals surface area (Å²) >= 11 is 0. The highest BCUT2D eigenvalue weighted by Crippen LogP contribution is 2.67. The molecular formula is C51H58N2O14. The van der Waals surface area contributed by atoms with E-state index in [1.165, 1.54) is 32.9 Å². The average molecular weight is 923 g/mol. The number of Topliss-reactive ketones (excluding diaryl/α,β-unsaturated/α-hetero) is 2. The Kier molecular flexibility index (Phi) is 13.8. The van der Waals surface area contributed by atoms with Crippen LogP contribution in [-0.4, -0.2) is 107 Å². The van der Waals surface area contributed by atoms with E-state index in [2.05, 4.69) is 5.32 Å². The van der Waals surface area contributed by atoms with E-state index in [0.29, 0.717) is 5.56 Å². The Balaban J connectivity index is 1.42. The highest BCUT2D eigenvalue weighted by atomic mass is 16.6. The van der Waals surface area contributed by atoms with Crippen LogP contribution in [0.25, 0.3) is 0 Å². The summed E-state index contributed by atoms with van der Waals surface area (Å²) in [5, 5.41) is 29.0. The van der Waals surface area contributed by atoms with Crippen molar-refractivity contribution in [3.8, 4) is 0 Å². The average Bonchev–Trinajstić information content (AvgIpc) is 3.30. The van der Waals surface area contributed by atoms with Gasteiger partial charge in [0.2, 0.25) is 6.10 Å². The standard InChI is InChI=1S/C51H58N2O14/c1-28(54)22-34-39-29(2)35(65-47(61)41(66-38(57)25-52)40(31-16-10-7-11-17-31)53-45(59)32-18-12-8-13-19-32)24-51(62,48(39,4)5)44(67-46(60)33-20-14-9-15-21-33)42-49(6,43(34)58)36(56)23-37-50(42,27-64-37)26-63-30(3)55/h7-21,34-37,40-42,44,56,62H,22-27,52H2,1-6H3,(H,53,59)/t34-,35+,36+,37-,40+,41-,42+,44+,49-,50-,51-/m1/s1. The maximum absolute atomic E-state index is 15.8. The van der Waals surface area contributed by atoms with Gasteiger partial charge in [-0.05, 0) is 61.7 Å². The van der Waals surface area contributed by atoms with E-state index in [0.717, 1.165) is 0 Å². The molecule has 16 nitrogen and oxygen atoms in total. The van der Waals surface area contributed by atoms with Crippen molar-refractivity contribution in [2.75, 3.05) is 19.8 Å². The van der Waals surface area contributed by atoms with Crippen LogP contribution in [-0.2, 0) is 47.7 Å². The van der Waals surface area contributed by atoms with Crippen molar-refractivity contribution in [2.45, 2.75) is 103 Å². The molecule has 3 aromatic carbocycles. The number of rotatable bonds is 14. The van der Waals surface area contributed by atoms with Gasteiger partial charge >= 0.3 is 23.9 Å². The van der Waals surface area contributed by atoms with Gasteiger partial charge in [-0.1, -0.05) is 80.6 Å². The minimum atomic E-state index is -2.32. The van der Waals surface area contributed by atoms with Crippen LogP contribution in [0.3, 0.4) is 0 Å². The third-order valence-electron chi connectivity index (χ3n) is 14.7. The van der Waals surface area contributed by atoms with E-state index in [4.69, 9.17) is 29.4 Å². The smallest absolute Gasteiger partial charge is 0.350 e. The molecule has 2 bridgehead atoms. The molecule has 2 saturated carbocycles. The van der Waals surface area contributed by atoms with Crippen LogP contribution in [0, 0.1) is 28.1 Å². The summed E-state index contributed by atoms with van der Waals surface area (Å²) in [6, 6.07) is 23.0. The predicted molar refractivity (Wildman–Crippen MR) is 238 cm³/mol. The molecule has 3 aliphatic carbocycles. The molecule has 0 unspecified atom stereocenters. The number of fused-ring (bicyclic) bond motifs is 5. The molecule has 0 aromatic heterocycles.